The van der Waals surface area contributed by atoms with Gasteiger partial charge >= 0.3 is 0 Å². The Hall–Kier alpha value is -1.46. The molecule has 0 aliphatic carbocycles. The number of ether oxygens (including phenoxy) is 2. The number of amides is 1. The minimum Gasteiger partial charge on any atom is -0.486 e. The Balaban J connectivity index is 0.00000220. The molecule has 0 aromatic heterocycles. The van der Waals surface area contributed by atoms with Gasteiger partial charge in [-0.05, 0) is 25.5 Å². The van der Waals surface area contributed by atoms with E-state index in [0.29, 0.717) is 26.0 Å². The Labute approximate surface area is 131 Å². The second kappa shape index (κ2) is 8.10. The smallest absolute Gasteiger partial charge is 0.222 e. The van der Waals surface area contributed by atoms with Gasteiger partial charge in [-0.2, -0.15) is 0 Å². The van der Waals surface area contributed by atoms with Crippen molar-refractivity contribution in [3.8, 4) is 11.5 Å². The van der Waals surface area contributed by atoms with E-state index in [9.17, 15) is 4.79 Å². The average molecular weight is 315 g/mol. The number of halogens is 1. The summed E-state index contributed by atoms with van der Waals surface area (Å²) in [7, 11) is 1.79. The molecule has 1 aliphatic rings. The molecular weight excluding hydrogens is 292 g/mol. The summed E-state index contributed by atoms with van der Waals surface area (Å²) in [5.74, 6) is 1.58. The molecule has 2 unspecified atom stereocenters. The monoisotopic (exact) mass is 314 g/mol. The predicted molar refractivity (Wildman–Crippen MR) is 84.1 cm³/mol. The number of para-hydroxylation sites is 2. The van der Waals surface area contributed by atoms with E-state index >= 15 is 0 Å². The topological polar surface area (TPSA) is 64.8 Å². The minimum atomic E-state index is -0.130. The summed E-state index contributed by atoms with van der Waals surface area (Å²) in [6.07, 6.45) is 1.04. The van der Waals surface area contributed by atoms with Crippen LogP contribution >= 0.6 is 12.4 Å². The van der Waals surface area contributed by atoms with Crippen molar-refractivity contribution in [2.75, 3.05) is 20.2 Å². The first-order valence-electron chi connectivity index (χ1n) is 6.94. The summed E-state index contributed by atoms with van der Waals surface area (Å²) in [6.45, 7) is 2.89. The molecule has 0 spiro atoms. The molecule has 1 heterocycles. The molecule has 1 aromatic rings. The first-order chi connectivity index (χ1) is 9.56. The van der Waals surface area contributed by atoms with Crippen molar-refractivity contribution in [1.82, 2.24) is 4.90 Å². The van der Waals surface area contributed by atoms with E-state index in [-0.39, 0.29) is 30.5 Å². The second-order valence-corrected chi connectivity index (χ2v) is 5.29. The number of likely N-dealkylation sites (N-methyl/N-ethyl adjacent to an activating group) is 1. The lowest BCUT2D eigenvalue weighted by atomic mass is 10.2. The standard InChI is InChI=1S/C15H22N2O3.ClH/c1-11(16)7-8-15(18)17(2)9-12-10-19-13-5-3-4-6-14(13)20-12;/h3-6,11-12H,7-10,16H2,1-2H3;1H. The number of nitrogens with zero attached hydrogens (tertiary/aromatic N) is 1. The predicted octanol–water partition coefficient (Wildman–Crippen LogP) is 1.83. The summed E-state index contributed by atoms with van der Waals surface area (Å²) in [5.41, 5.74) is 5.66. The van der Waals surface area contributed by atoms with Crippen LogP contribution in [0.15, 0.2) is 24.3 Å². The van der Waals surface area contributed by atoms with Crippen molar-refractivity contribution in [2.24, 2.45) is 5.73 Å². The Morgan fingerprint density at radius 2 is 2.10 bits per heavy atom. The molecule has 0 fully saturated rings. The third kappa shape index (κ3) is 5.10. The number of hydrogen-bond acceptors (Lipinski definition) is 4. The zero-order chi connectivity index (χ0) is 14.5. The van der Waals surface area contributed by atoms with Crippen LogP contribution in [-0.2, 0) is 4.79 Å². The normalized spacial score (nSPS) is 17.6. The van der Waals surface area contributed by atoms with Gasteiger partial charge in [0.25, 0.3) is 0 Å². The van der Waals surface area contributed by atoms with E-state index < -0.39 is 0 Å². The van der Waals surface area contributed by atoms with Gasteiger partial charge < -0.3 is 20.1 Å². The molecule has 1 amide bonds. The van der Waals surface area contributed by atoms with Crippen molar-refractivity contribution >= 4 is 18.3 Å². The number of nitrogens with two attached hydrogens (primary N) is 1. The van der Waals surface area contributed by atoms with Crippen molar-refractivity contribution in [3.63, 3.8) is 0 Å². The molecule has 2 rings (SSSR count). The largest absolute Gasteiger partial charge is 0.486 e. The van der Waals surface area contributed by atoms with E-state index in [1.54, 1.807) is 11.9 Å². The maximum atomic E-state index is 11.9. The summed E-state index contributed by atoms with van der Waals surface area (Å²) in [4.78, 5) is 13.6. The number of carbonyl (C=O) groups is 1. The molecule has 0 saturated heterocycles. The van der Waals surface area contributed by atoms with Crippen LogP contribution in [0.5, 0.6) is 11.5 Å². The molecular formula is C15H23ClN2O3. The van der Waals surface area contributed by atoms with Gasteiger partial charge in [0.1, 0.15) is 6.61 Å². The molecule has 2 N–H and O–H groups in total. The van der Waals surface area contributed by atoms with E-state index in [4.69, 9.17) is 15.2 Å². The van der Waals surface area contributed by atoms with Gasteiger partial charge in [-0.1, -0.05) is 12.1 Å². The fraction of sp³-hybridized carbons (Fsp3) is 0.533. The molecule has 2 atom stereocenters. The number of hydrogen-bond donors (Lipinski definition) is 1. The Morgan fingerprint density at radius 3 is 2.76 bits per heavy atom. The van der Waals surface area contributed by atoms with Crippen LogP contribution in [0, 0.1) is 0 Å². The van der Waals surface area contributed by atoms with Gasteiger partial charge in [-0.15, -0.1) is 12.4 Å². The van der Waals surface area contributed by atoms with E-state index in [1.807, 2.05) is 31.2 Å². The molecule has 0 radical (unpaired) electrons. The van der Waals surface area contributed by atoms with Crippen LogP contribution in [0.4, 0.5) is 0 Å². The summed E-state index contributed by atoms with van der Waals surface area (Å²) < 4.78 is 11.5. The van der Waals surface area contributed by atoms with Crippen LogP contribution in [-0.4, -0.2) is 43.2 Å². The Morgan fingerprint density at radius 1 is 1.43 bits per heavy atom. The molecule has 0 bridgehead atoms. The number of rotatable bonds is 5. The third-order valence-corrected chi connectivity index (χ3v) is 3.28. The maximum Gasteiger partial charge on any atom is 0.222 e. The first kappa shape index (κ1) is 17.6. The summed E-state index contributed by atoms with van der Waals surface area (Å²) >= 11 is 0. The Bertz CT molecular complexity index is 468. The highest BCUT2D eigenvalue weighted by atomic mass is 35.5. The molecule has 6 heteroatoms. The van der Waals surface area contributed by atoms with Crippen molar-refractivity contribution < 1.29 is 14.3 Å². The highest BCUT2D eigenvalue weighted by molar-refractivity contribution is 5.85. The van der Waals surface area contributed by atoms with Crippen molar-refractivity contribution in [1.29, 1.82) is 0 Å². The van der Waals surface area contributed by atoms with Gasteiger partial charge in [0.2, 0.25) is 5.91 Å². The molecule has 1 aliphatic heterocycles. The number of fused-ring (bicyclic) bond motifs is 1. The van der Waals surface area contributed by atoms with Gasteiger partial charge in [0.15, 0.2) is 17.6 Å². The van der Waals surface area contributed by atoms with E-state index in [0.717, 1.165) is 11.5 Å². The fourth-order valence-corrected chi connectivity index (χ4v) is 2.10. The van der Waals surface area contributed by atoms with Crippen molar-refractivity contribution in [3.05, 3.63) is 24.3 Å². The van der Waals surface area contributed by atoms with Gasteiger partial charge in [0, 0.05) is 19.5 Å². The lowest BCUT2D eigenvalue weighted by Gasteiger charge is -2.29. The minimum absolute atomic E-state index is 0. The SMILES string of the molecule is CC(N)CCC(=O)N(C)CC1COc2ccccc2O1.Cl. The first-order valence-corrected chi connectivity index (χ1v) is 6.94. The lowest BCUT2D eigenvalue weighted by Crippen LogP contribution is -2.42. The molecule has 21 heavy (non-hydrogen) atoms. The maximum absolute atomic E-state index is 11.9. The number of carbonyl (C=O) groups excluding carboxylic acids is 1. The van der Waals surface area contributed by atoms with Gasteiger partial charge in [-0.3, -0.25) is 4.79 Å². The van der Waals surface area contributed by atoms with Crippen molar-refractivity contribution in [2.45, 2.75) is 31.9 Å². The van der Waals surface area contributed by atoms with Crippen LogP contribution in [0.3, 0.4) is 0 Å². The fourth-order valence-electron chi connectivity index (χ4n) is 2.10. The quantitative estimate of drug-likeness (QED) is 0.900. The lowest BCUT2D eigenvalue weighted by molar-refractivity contribution is -0.131. The Kier molecular flexibility index (Phi) is 6.78. The van der Waals surface area contributed by atoms with Crippen LogP contribution in [0.25, 0.3) is 0 Å². The van der Waals surface area contributed by atoms with Crippen LogP contribution in [0.1, 0.15) is 19.8 Å². The second-order valence-electron chi connectivity index (χ2n) is 5.29. The van der Waals surface area contributed by atoms with Crippen LogP contribution in [0.2, 0.25) is 0 Å². The van der Waals surface area contributed by atoms with Gasteiger partial charge in [0.05, 0.1) is 6.54 Å². The molecule has 5 nitrogen and oxygen atoms in total. The average Bonchev–Trinajstić information content (AvgIpc) is 2.44. The zero-order valence-corrected chi connectivity index (χ0v) is 13.3. The van der Waals surface area contributed by atoms with E-state index in [2.05, 4.69) is 0 Å². The van der Waals surface area contributed by atoms with E-state index in [1.165, 1.54) is 0 Å². The van der Waals surface area contributed by atoms with Crippen LogP contribution < -0.4 is 15.2 Å². The number of benzene rings is 1. The van der Waals surface area contributed by atoms with Gasteiger partial charge in [-0.25, -0.2) is 0 Å². The molecule has 118 valence electrons. The highest BCUT2D eigenvalue weighted by Crippen LogP contribution is 2.30. The summed E-state index contributed by atoms with van der Waals surface area (Å²) in [5, 5.41) is 0. The molecule has 0 saturated carbocycles. The summed E-state index contributed by atoms with van der Waals surface area (Å²) in [6, 6.07) is 7.62. The third-order valence-electron chi connectivity index (χ3n) is 3.28. The zero-order valence-electron chi connectivity index (χ0n) is 12.5. The highest BCUT2D eigenvalue weighted by Gasteiger charge is 2.23. The molecule has 1 aromatic carbocycles.